The van der Waals surface area contributed by atoms with Crippen molar-refractivity contribution in [1.82, 2.24) is 0 Å². The molecule has 0 unspecified atom stereocenters. The summed E-state index contributed by atoms with van der Waals surface area (Å²) in [7, 11) is 0. The maximum Gasteiger partial charge on any atom is 0.217 e. The van der Waals surface area contributed by atoms with E-state index in [9.17, 15) is 4.79 Å². The SMILES string of the molecule is CCC(N)=O.Cl.Cl.Cl.Cl.Cl.Cl. The molecule has 1 amide bonds. The second kappa shape index (κ2) is 43.1. The summed E-state index contributed by atoms with van der Waals surface area (Å²) in [5.41, 5.74) is 4.65. The van der Waals surface area contributed by atoms with Crippen LogP contribution in [0.15, 0.2) is 0 Å². The van der Waals surface area contributed by atoms with E-state index in [0.29, 0.717) is 6.42 Å². The lowest BCUT2D eigenvalue weighted by Crippen LogP contribution is -2.06. The molecule has 0 aliphatic rings. The van der Waals surface area contributed by atoms with E-state index in [1.807, 2.05) is 0 Å². The van der Waals surface area contributed by atoms with Gasteiger partial charge in [-0.1, -0.05) is 6.92 Å². The van der Waals surface area contributed by atoms with Gasteiger partial charge in [-0.15, -0.1) is 74.4 Å². The van der Waals surface area contributed by atoms with Gasteiger partial charge in [0.15, 0.2) is 0 Å². The van der Waals surface area contributed by atoms with Crippen LogP contribution in [0.3, 0.4) is 0 Å². The van der Waals surface area contributed by atoms with Crippen molar-refractivity contribution in [2.75, 3.05) is 0 Å². The number of hydrogen-bond acceptors (Lipinski definition) is 1. The van der Waals surface area contributed by atoms with Crippen molar-refractivity contribution in [2.24, 2.45) is 5.73 Å². The summed E-state index contributed by atoms with van der Waals surface area (Å²) >= 11 is 0. The summed E-state index contributed by atoms with van der Waals surface area (Å²) in [5, 5.41) is 0. The third-order valence-electron chi connectivity index (χ3n) is 0.348. The highest BCUT2D eigenvalue weighted by molar-refractivity contribution is 5.86. The molecule has 0 aromatic carbocycles. The maximum atomic E-state index is 9.59. The summed E-state index contributed by atoms with van der Waals surface area (Å²) in [6, 6.07) is 0. The average molecular weight is 292 g/mol. The molecule has 0 atom stereocenters. The fraction of sp³-hybridized carbons (Fsp3) is 0.667. The molecular weight excluding hydrogens is 279 g/mol. The van der Waals surface area contributed by atoms with E-state index in [1.165, 1.54) is 0 Å². The smallest absolute Gasteiger partial charge is 0.217 e. The molecule has 0 saturated heterocycles. The van der Waals surface area contributed by atoms with Gasteiger partial charge in [0.1, 0.15) is 0 Å². The highest BCUT2D eigenvalue weighted by atomic mass is 35.5. The van der Waals surface area contributed by atoms with Crippen molar-refractivity contribution in [3.8, 4) is 0 Å². The number of rotatable bonds is 1. The molecule has 0 aromatic heterocycles. The van der Waals surface area contributed by atoms with Crippen molar-refractivity contribution in [1.29, 1.82) is 0 Å². The van der Waals surface area contributed by atoms with Gasteiger partial charge in [0, 0.05) is 6.42 Å². The Balaban J connectivity index is -0.00000000533. The Bertz CT molecular complexity index is 53.1. The Kier molecular flexibility index (Phi) is 221. The maximum absolute atomic E-state index is 9.59. The largest absolute Gasteiger partial charge is 0.370 e. The van der Waals surface area contributed by atoms with Crippen molar-refractivity contribution in [2.45, 2.75) is 13.3 Å². The summed E-state index contributed by atoms with van der Waals surface area (Å²) in [5.74, 6) is -0.245. The Morgan fingerprint density at radius 3 is 1.09 bits per heavy atom. The van der Waals surface area contributed by atoms with E-state index < -0.39 is 0 Å². The number of halogens is 6. The monoisotopic (exact) mass is 289 g/mol. The van der Waals surface area contributed by atoms with Crippen LogP contribution < -0.4 is 5.73 Å². The Hall–Kier alpha value is 1.21. The van der Waals surface area contributed by atoms with Crippen LogP contribution in [0.4, 0.5) is 0 Å². The molecular formula is C3H13Cl6NO. The molecule has 0 spiro atoms. The molecule has 11 heavy (non-hydrogen) atoms. The van der Waals surface area contributed by atoms with Crippen LogP contribution in [-0.4, -0.2) is 5.91 Å². The van der Waals surface area contributed by atoms with Crippen LogP contribution in [0.5, 0.6) is 0 Å². The summed E-state index contributed by atoms with van der Waals surface area (Å²) in [6.07, 6.45) is 0.444. The zero-order chi connectivity index (χ0) is 4.28. The van der Waals surface area contributed by atoms with Gasteiger partial charge >= 0.3 is 0 Å². The standard InChI is InChI=1S/C3H7NO.6ClH/c1-2-3(4)5;;;;;;/h2H2,1H3,(H2,4,5);6*1H. The van der Waals surface area contributed by atoms with Crippen molar-refractivity contribution >= 4 is 80.3 Å². The first-order chi connectivity index (χ1) is 2.27. The van der Waals surface area contributed by atoms with Gasteiger partial charge in [-0.05, 0) is 0 Å². The fourth-order valence-corrected chi connectivity index (χ4v) is 0. The summed E-state index contributed by atoms with van der Waals surface area (Å²) < 4.78 is 0. The van der Waals surface area contributed by atoms with Crippen LogP contribution in [0.25, 0.3) is 0 Å². The topological polar surface area (TPSA) is 43.1 Å². The summed E-state index contributed by atoms with van der Waals surface area (Å²) in [6.45, 7) is 1.72. The second-order valence-electron chi connectivity index (χ2n) is 0.820. The molecule has 0 aliphatic carbocycles. The molecule has 2 N–H and O–H groups in total. The van der Waals surface area contributed by atoms with E-state index >= 15 is 0 Å². The van der Waals surface area contributed by atoms with Gasteiger partial charge in [0.25, 0.3) is 0 Å². The number of carbonyl (C=O) groups is 1. The van der Waals surface area contributed by atoms with Gasteiger partial charge in [0.2, 0.25) is 5.91 Å². The summed E-state index contributed by atoms with van der Waals surface area (Å²) in [4.78, 5) is 9.59. The minimum atomic E-state index is -0.245. The highest BCUT2D eigenvalue weighted by Gasteiger charge is 1.77. The van der Waals surface area contributed by atoms with Crippen LogP contribution in [0, 0.1) is 0 Å². The van der Waals surface area contributed by atoms with Crippen molar-refractivity contribution in [3.63, 3.8) is 0 Å². The van der Waals surface area contributed by atoms with Gasteiger partial charge in [-0.25, -0.2) is 0 Å². The number of carbonyl (C=O) groups excluding carboxylic acids is 1. The first-order valence-corrected chi connectivity index (χ1v) is 1.55. The minimum absolute atomic E-state index is 0. The number of amides is 1. The molecule has 0 aromatic rings. The van der Waals surface area contributed by atoms with Crippen molar-refractivity contribution < 1.29 is 4.79 Å². The lowest BCUT2D eigenvalue weighted by molar-refractivity contribution is -0.117. The van der Waals surface area contributed by atoms with Gasteiger partial charge in [0.05, 0.1) is 0 Å². The molecule has 0 saturated carbocycles. The zero-order valence-electron chi connectivity index (χ0n) is 5.64. The first-order valence-electron chi connectivity index (χ1n) is 1.55. The van der Waals surface area contributed by atoms with Crippen LogP contribution in [0.1, 0.15) is 13.3 Å². The van der Waals surface area contributed by atoms with Crippen LogP contribution in [-0.2, 0) is 4.79 Å². The van der Waals surface area contributed by atoms with Gasteiger partial charge in [-0.3, -0.25) is 4.79 Å². The highest BCUT2D eigenvalue weighted by Crippen LogP contribution is 1.63. The lowest BCUT2D eigenvalue weighted by atomic mass is 10.5. The van der Waals surface area contributed by atoms with Gasteiger partial charge < -0.3 is 5.73 Å². The van der Waals surface area contributed by atoms with E-state index in [0.717, 1.165) is 0 Å². The molecule has 2 nitrogen and oxygen atoms in total. The lowest BCUT2D eigenvalue weighted by Gasteiger charge is -1.73. The molecule has 0 radical (unpaired) electrons. The molecule has 0 aliphatic heterocycles. The molecule has 8 heteroatoms. The van der Waals surface area contributed by atoms with Crippen LogP contribution in [0.2, 0.25) is 0 Å². The fourth-order valence-electron chi connectivity index (χ4n) is 0. The van der Waals surface area contributed by atoms with E-state index in [4.69, 9.17) is 0 Å². The third-order valence-corrected chi connectivity index (χ3v) is 0.348. The number of hydrogen-bond donors (Lipinski definition) is 1. The van der Waals surface area contributed by atoms with E-state index in [-0.39, 0.29) is 80.3 Å². The quantitative estimate of drug-likeness (QED) is 0.792. The molecule has 0 heterocycles. The predicted molar refractivity (Wildman–Crippen MR) is 63.0 cm³/mol. The second-order valence-corrected chi connectivity index (χ2v) is 0.820. The minimum Gasteiger partial charge on any atom is -0.370 e. The molecule has 0 rings (SSSR count). The Labute approximate surface area is 104 Å². The van der Waals surface area contributed by atoms with Gasteiger partial charge in [-0.2, -0.15) is 0 Å². The third kappa shape index (κ3) is 92.3. The van der Waals surface area contributed by atoms with E-state index in [2.05, 4.69) is 5.73 Å². The number of primary amides is 1. The average Bonchev–Trinajstić information content (AvgIpc) is 1.38. The van der Waals surface area contributed by atoms with Crippen LogP contribution >= 0.6 is 74.4 Å². The number of nitrogens with two attached hydrogens (primary N) is 1. The predicted octanol–water partition coefficient (Wildman–Crippen LogP) is 2.41. The van der Waals surface area contributed by atoms with Crippen molar-refractivity contribution in [3.05, 3.63) is 0 Å². The Morgan fingerprint density at radius 1 is 1.00 bits per heavy atom. The first kappa shape index (κ1) is 56.5. The molecule has 0 fully saturated rings. The normalized spacial score (nSPS) is 3.36. The zero-order valence-corrected chi connectivity index (χ0v) is 10.5. The Morgan fingerprint density at radius 2 is 1.09 bits per heavy atom. The molecule has 78 valence electrons. The molecule has 0 bridgehead atoms. The van der Waals surface area contributed by atoms with E-state index in [1.54, 1.807) is 6.92 Å².